The number of benzene rings is 2. The van der Waals surface area contributed by atoms with Gasteiger partial charge in [-0.2, -0.15) is 4.31 Å². The number of guanidine groups is 1. The Morgan fingerprint density at radius 3 is 2.50 bits per heavy atom. The molecule has 1 aliphatic rings. The van der Waals surface area contributed by atoms with Crippen LogP contribution in [-0.2, 0) is 16.6 Å². The maximum atomic E-state index is 12.9. The van der Waals surface area contributed by atoms with Crippen molar-refractivity contribution in [2.24, 2.45) is 10.7 Å². The van der Waals surface area contributed by atoms with Crippen molar-refractivity contribution in [3.8, 4) is 5.75 Å². The van der Waals surface area contributed by atoms with E-state index in [1.807, 2.05) is 44.2 Å². The lowest BCUT2D eigenvalue weighted by Crippen LogP contribution is -2.35. The van der Waals surface area contributed by atoms with Gasteiger partial charge in [-0.25, -0.2) is 13.4 Å². The highest BCUT2D eigenvalue weighted by atomic mass is 32.2. The summed E-state index contributed by atoms with van der Waals surface area (Å²) in [5, 5.41) is 3.03. The molecule has 0 radical (unpaired) electrons. The molecule has 1 fully saturated rings. The van der Waals surface area contributed by atoms with Gasteiger partial charge >= 0.3 is 0 Å². The first kappa shape index (κ1) is 22.1. The zero-order valence-corrected chi connectivity index (χ0v) is 18.4. The normalized spacial score (nSPS) is 15.9. The Labute approximate surface area is 179 Å². The van der Waals surface area contributed by atoms with Crippen LogP contribution in [0.2, 0.25) is 0 Å². The topological polar surface area (TPSA) is 97.0 Å². The fourth-order valence-corrected chi connectivity index (χ4v) is 4.90. The first-order chi connectivity index (χ1) is 14.3. The molecule has 162 valence electrons. The van der Waals surface area contributed by atoms with E-state index >= 15 is 0 Å². The third-order valence-electron chi connectivity index (χ3n) is 4.78. The van der Waals surface area contributed by atoms with E-state index in [1.54, 1.807) is 22.5 Å². The summed E-state index contributed by atoms with van der Waals surface area (Å²) in [6, 6.07) is 14.4. The quantitative estimate of drug-likeness (QED) is 0.517. The molecule has 2 aromatic carbocycles. The fourth-order valence-electron chi connectivity index (χ4n) is 3.31. The van der Waals surface area contributed by atoms with Gasteiger partial charge in [0.25, 0.3) is 0 Å². The van der Waals surface area contributed by atoms with Crippen molar-refractivity contribution < 1.29 is 13.2 Å². The van der Waals surface area contributed by atoms with E-state index in [0.29, 0.717) is 18.0 Å². The molecule has 3 N–H and O–H groups in total. The molecule has 3 rings (SSSR count). The predicted molar refractivity (Wildman–Crippen MR) is 120 cm³/mol. The van der Waals surface area contributed by atoms with Gasteiger partial charge in [0.1, 0.15) is 5.75 Å². The molecule has 30 heavy (non-hydrogen) atoms. The van der Waals surface area contributed by atoms with Gasteiger partial charge in [-0.05, 0) is 68.7 Å². The fraction of sp³-hybridized carbons (Fsp3) is 0.409. The number of nitrogens with two attached hydrogens (primary N) is 1. The van der Waals surface area contributed by atoms with E-state index in [4.69, 9.17) is 10.5 Å². The Hall–Kier alpha value is -2.58. The maximum absolute atomic E-state index is 12.9. The standard InChI is InChI=1S/C22H30N4O3S/c1-17(2)29-20-11-9-19(10-12-20)25-22(23)24-16-18-7-6-8-21(15-18)30(27,28)26-13-4-3-5-14-26/h6-12,15,17H,3-5,13-14,16H2,1-2H3,(H3,23,24,25). The second-order valence-electron chi connectivity index (χ2n) is 7.63. The molecule has 1 aliphatic heterocycles. The highest BCUT2D eigenvalue weighted by Crippen LogP contribution is 2.22. The number of sulfonamides is 1. The Balaban J connectivity index is 1.63. The lowest BCUT2D eigenvalue weighted by molar-refractivity contribution is 0.242. The number of hydrogen-bond donors (Lipinski definition) is 2. The summed E-state index contributed by atoms with van der Waals surface area (Å²) in [7, 11) is -3.46. The van der Waals surface area contributed by atoms with E-state index in [0.717, 1.165) is 36.3 Å². The van der Waals surface area contributed by atoms with Gasteiger partial charge in [0.15, 0.2) is 5.96 Å². The van der Waals surface area contributed by atoms with Crippen LogP contribution in [0.1, 0.15) is 38.7 Å². The number of rotatable bonds is 7. The van der Waals surface area contributed by atoms with Gasteiger partial charge in [0.05, 0.1) is 17.5 Å². The molecule has 2 aromatic rings. The van der Waals surface area contributed by atoms with Gasteiger partial charge in [-0.15, -0.1) is 0 Å². The molecular formula is C22H30N4O3S. The predicted octanol–water partition coefficient (Wildman–Crippen LogP) is 3.58. The minimum atomic E-state index is -3.46. The lowest BCUT2D eigenvalue weighted by Gasteiger charge is -2.26. The van der Waals surface area contributed by atoms with Crippen molar-refractivity contribution in [1.82, 2.24) is 4.31 Å². The number of hydrogen-bond acceptors (Lipinski definition) is 4. The number of aliphatic imine (C=N–C) groups is 1. The van der Waals surface area contributed by atoms with Crippen molar-refractivity contribution in [3.63, 3.8) is 0 Å². The molecule has 0 atom stereocenters. The van der Waals surface area contributed by atoms with E-state index in [2.05, 4.69) is 10.3 Å². The molecule has 0 bridgehead atoms. The van der Waals surface area contributed by atoms with Gasteiger partial charge in [-0.1, -0.05) is 18.6 Å². The van der Waals surface area contributed by atoms with E-state index in [9.17, 15) is 8.42 Å². The molecule has 0 amide bonds. The Bertz CT molecular complexity index is 966. The molecule has 0 spiro atoms. The zero-order chi connectivity index (χ0) is 21.6. The summed E-state index contributed by atoms with van der Waals surface area (Å²) in [5.41, 5.74) is 7.58. The molecule has 7 nitrogen and oxygen atoms in total. The molecule has 0 aromatic heterocycles. The summed E-state index contributed by atoms with van der Waals surface area (Å²) in [4.78, 5) is 4.65. The highest BCUT2D eigenvalue weighted by molar-refractivity contribution is 7.89. The SMILES string of the molecule is CC(C)Oc1ccc(NC(N)=NCc2cccc(S(=O)(=O)N3CCCCC3)c2)cc1. The number of nitrogens with zero attached hydrogens (tertiary/aromatic N) is 2. The Kier molecular flexibility index (Phi) is 7.33. The van der Waals surface area contributed by atoms with E-state index < -0.39 is 10.0 Å². The van der Waals surface area contributed by atoms with E-state index in [-0.39, 0.29) is 18.6 Å². The van der Waals surface area contributed by atoms with Crippen LogP contribution in [0.4, 0.5) is 5.69 Å². The van der Waals surface area contributed by atoms with Gasteiger partial charge in [-0.3, -0.25) is 0 Å². The molecule has 8 heteroatoms. The van der Waals surface area contributed by atoms with Crippen LogP contribution in [0.3, 0.4) is 0 Å². The van der Waals surface area contributed by atoms with Gasteiger partial charge in [0.2, 0.25) is 10.0 Å². The first-order valence-electron chi connectivity index (χ1n) is 10.3. The van der Waals surface area contributed by atoms with Crippen LogP contribution in [0.25, 0.3) is 0 Å². The Morgan fingerprint density at radius 2 is 1.83 bits per heavy atom. The molecule has 0 saturated carbocycles. The van der Waals surface area contributed by atoms with E-state index in [1.165, 1.54) is 0 Å². The number of anilines is 1. The largest absolute Gasteiger partial charge is 0.491 e. The average molecular weight is 431 g/mol. The lowest BCUT2D eigenvalue weighted by atomic mass is 10.2. The molecule has 0 aliphatic carbocycles. The summed E-state index contributed by atoms with van der Waals surface area (Å²) < 4.78 is 32.9. The van der Waals surface area contributed by atoms with Crippen LogP contribution in [0.5, 0.6) is 5.75 Å². The number of nitrogens with one attached hydrogen (secondary N) is 1. The maximum Gasteiger partial charge on any atom is 0.243 e. The van der Waals surface area contributed by atoms with Crippen LogP contribution >= 0.6 is 0 Å². The summed E-state index contributed by atoms with van der Waals surface area (Å²) >= 11 is 0. The minimum absolute atomic E-state index is 0.116. The van der Waals surface area contributed by atoms with Crippen LogP contribution in [0.15, 0.2) is 58.4 Å². The highest BCUT2D eigenvalue weighted by Gasteiger charge is 2.25. The smallest absolute Gasteiger partial charge is 0.243 e. The van der Waals surface area contributed by atoms with Gasteiger partial charge in [0, 0.05) is 18.8 Å². The van der Waals surface area contributed by atoms with Crippen molar-refractivity contribution in [3.05, 3.63) is 54.1 Å². The molecule has 1 saturated heterocycles. The van der Waals surface area contributed by atoms with Crippen molar-refractivity contribution in [1.29, 1.82) is 0 Å². The van der Waals surface area contributed by atoms with Gasteiger partial charge < -0.3 is 15.8 Å². The second-order valence-corrected chi connectivity index (χ2v) is 9.57. The van der Waals surface area contributed by atoms with Crippen LogP contribution in [0, 0.1) is 0 Å². The second kappa shape index (κ2) is 9.95. The minimum Gasteiger partial charge on any atom is -0.491 e. The summed E-state index contributed by atoms with van der Waals surface area (Å²) in [5.74, 6) is 1.05. The van der Waals surface area contributed by atoms with Crippen molar-refractivity contribution >= 4 is 21.7 Å². The van der Waals surface area contributed by atoms with Crippen LogP contribution in [-0.4, -0.2) is 37.9 Å². The van der Waals surface area contributed by atoms with Crippen molar-refractivity contribution in [2.75, 3.05) is 18.4 Å². The summed E-state index contributed by atoms with van der Waals surface area (Å²) in [6.45, 7) is 5.41. The van der Waals surface area contributed by atoms with Crippen LogP contribution < -0.4 is 15.8 Å². The molecular weight excluding hydrogens is 400 g/mol. The van der Waals surface area contributed by atoms with Crippen molar-refractivity contribution in [2.45, 2.75) is 50.7 Å². The monoisotopic (exact) mass is 430 g/mol. The summed E-state index contributed by atoms with van der Waals surface area (Å²) in [6.07, 6.45) is 3.02. The average Bonchev–Trinajstić information content (AvgIpc) is 2.74. The molecule has 1 heterocycles. The third-order valence-corrected chi connectivity index (χ3v) is 6.68. The first-order valence-corrected chi connectivity index (χ1v) is 11.7. The third kappa shape index (κ3) is 5.96. The molecule has 0 unspecified atom stereocenters. The number of ether oxygens (including phenoxy) is 1. The zero-order valence-electron chi connectivity index (χ0n) is 17.5. The number of piperidine rings is 1. The Morgan fingerprint density at radius 1 is 1.13 bits per heavy atom.